The fourth-order valence-corrected chi connectivity index (χ4v) is 6.30. The Hall–Kier alpha value is -4.51. The Bertz CT molecular complexity index is 1490. The van der Waals surface area contributed by atoms with Crippen molar-refractivity contribution in [3.63, 3.8) is 0 Å². The van der Waals surface area contributed by atoms with E-state index in [2.05, 4.69) is 31.9 Å². The number of ether oxygens (including phenoxy) is 8. The highest BCUT2D eigenvalue weighted by atomic mass is 16.6. The molecule has 0 bridgehead atoms. The number of hydrogen-bond acceptors (Lipinski definition) is 16. The maximum atomic E-state index is 13.9. The summed E-state index contributed by atoms with van der Waals surface area (Å²) in [5, 5.41) is 17.2. The van der Waals surface area contributed by atoms with E-state index in [1.807, 2.05) is 21.0 Å². The normalized spacial score (nSPS) is 11.9. The Labute approximate surface area is 406 Å². The molecule has 1 aromatic carbocycles. The van der Waals surface area contributed by atoms with Crippen LogP contribution < -0.4 is 51.8 Å². The first-order valence-electron chi connectivity index (χ1n) is 23.8. The van der Waals surface area contributed by atoms with Gasteiger partial charge in [0.2, 0.25) is 23.6 Å². The van der Waals surface area contributed by atoms with Crippen LogP contribution in [-0.2, 0) is 49.4 Å². The van der Waals surface area contributed by atoms with Crippen LogP contribution in [0.1, 0.15) is 92.1 Å². The Morgan fingerprint density at radius 1 is 0.676 bits per heavy atom. The van der Waals surface area contributed by atoms with Gasteiger partial charge in [-0.2, -0.15) is 0 Å². The van der Waals surface area contributed by atoms with Crippen molar-refractivity contribution >= 4 is 29.7 Å². The first kappa shape index (κ1) is 63.5. The average molecular weight is 973 g/mol. The lowest BCUT2D eigenvalue weighted by molar-refractivity contribution is -0.137. The molecule has 1 aromatic rings. The summed E-state index contributed by atoms with van der Waals surface area (Å²) < 4.78 is 44.1. The van der Waals surface area contributed by atoms with Gasteiger partial charge < -0.3 is 80.4 Å². The minimum atomic E-state index is -0.782. The van der Waals surface area contributed by atoms with Crippen molar-refractivity contribution in [1.29, 1.82) is 0 Å². The minimum absolute atomic E-state index is 0.0434. The number of benzene rings is 1. The van der Waals surface area contributed by atoms with Gasteiger partial charge in [-0.15, -0.1) is 0 Å². The highest BCUT2D eigenvalue weighted by Gasteiger charge is 2.27. The maximum absolute atomic E-state index is 13.9. The SMILES string of the molecule is CCOc1cc(OC)c(CN(CCOCCOCCNC(=O)OC(C)(C)C)C(=O)C(CCCCNC(C)=O)NC(C)=O)c(OC)c1.CNCCCCC(NC)C(=O)NCCOCCCOCCN. The number of alkyl carbamates (subject to hydrolysis) is 1. The summed E-state index contributed by atoms with van der Waals surface area (Å²) in [6.45, 7) is 17.1. The Balaban J connectivity index is 0.00000171. The average Bonchev–Trinajstić information content (AvgIpc) is 3.28. The van der Waals surface area contributed by atoms with Crippen LogP contribution in [0.25, 0.3) is 0 Å². The number of unbranched alkanes of at least 4 members (excludes halogenated alkanes) is 2. The van der Waals surface area contributed by atoms with Gasteiger partial charge in [0, 0.05) is 71.9 Å². The van der Waals surface area contributed by atoms with Crippen LogP contribution in [0, 0.1) is 0 Å². The van der Waals surface area contributed by atoms with Crippen LogP contribution in [0.5, 0.6) is 17.2 Å². The van der Waals surface area contributed by atoms with Gasteiger partial charge in [0.15, 0.2) is 0 Å². The van der Waals surface area contributed by atoms with Gasteiger partial charge >= 0.3 is 6.09 Å². The standard InChI is InChI=1S/C32H54N4O10.C15H34N4O3/c1-9-45-25-20-28(41-7)26(29(21-25)42-8)22-36(30(39)27(35-24(3)38)12-10-11-13-33-23(2)37)15-17-44-19-18-43-16-14-34-31(40)46-32(4,5)6;1-17-8-4-3-6-14(18-2)15(20)19-9-13-22-11-5-10-21-12-7-16/h20-21,27H,9-19,22H2,1-8H3,(H,33,37)(H,34,40)(H,35,38);14,17-18H,3-13,16H2,1-2H3,(H,19,20). The topological polar surface area (TPSA) is 261 Å². The molecule has 0 saturated heterocycles. The quantitative estimate of drug-likeness (QED) is 0.0469. The molecule has 0 aliphatic carbocycles. The molecule has 21 nitrogen and oxygen atoms in total. The molecule has 1 rings (SSSR count). The van der Waals surface area contributed by atoms with Crippen molar-refractivity contribution in [3.8, 4) is 17.2 Å². The van der Waals surface area contributed by atoms with Gasteiger partial charge in [0.05, 0.1) is 78.6 Å². The maximum Gasteiger partial charge on any atom is 0.407 e. The van der Waals surface area contributed by atoms with E-state index in [-0.39, 0.29) is 75.7 Å². The van der Waals surface area contributed by atoms with E-state index < -0.39 is 17.7 Å². The second-order valence-electron chi connectivity index (χ2n) is 16.5. The number of carbonyl (C=O) groups excluding carboxylic acids is 5. The summed E-state index contributed by atoms with van der Waals surface area (Å²) in [5.74, 6) is 0.843. The van der Waals surface area contributed by atoms with Crippen LogP contribution in [0.15, 0.2) is 12.1 Å². The fourth-order valence-electron chi connectivity index (χ4n) is 6.30. The molecular formula is C47H88N8O13. The summed E-state index contributed by atoms with van der Waals surface area (Å²) in [5.41, 5.74) is 5.37. The number of amides is 5. The van der Waals surface area contributed by atoms with E-state index in [4.69, 9.17) is 43.6 Å². The molecule has 0 aromatic heterocycles. The molecule has 394 valence electrons. The molecular weight excluding hydrogens is 885 g/mol. The van der Waals surface area contributed by atoms with E-state index in [9.17, 15) is 24.0 Å². The zero-order chi connectivity index (χ0) is 51.0. The smallest absolute Gasteiger partial charge is 0.407 e. The second kappa shape index (κ2) is 40.4. The summed E-state index contributed by atoms with van der Waals surface area (Å²) in [7, 11) is 6.82. The van der Waals surface area contributed by atoms with Crippen molar-refractivity contribution in [2.75, 3.05) is 127 Å². The van der Waals surface area contributed by atoms with Crippen molar-refractivity contribution in [3.05, 3.63) is 17.7 Å². The first-order chi connectivity index (χ1) is 32.6. The number of rotatable bonds is 38. The van der Waals surface area contributed by atoms with Crippen molar-refractivity contribution < 1.29 is 61.9 Å². The van der Waals surface area contributed by atoms with E-state index in [1.165, 1.54) is 28.1 Å². The molecule has 0 fully saturated rings. The van der Waals surface area contributed by atoms with Gasteiger partial charge in [0.1, 0.15) is 28.9 Å². The number of carbonyl (C=O) groups is 5. The molecule has 0 aliphatic rings. The molecule has 5 amide bonds. The van der Waals surface area contributed by atoms with Crippen molar-refractivity contribution in [2.45, 2.75) is 111 Å². The molecule has 68 heavy (non-hydrogen) atoms. The summed E-state index contributed by atoms with van der Waals surface area (Å²) in [6, 6.07) is 2.57. The number of likely N-dealkylation sites (N-methyl/N-ethyl adjacent to an activating group) is 1. The lowest BCUT2D eigenvalue weighted by Gasteiger charge is -2.29. The number of hydrogen-bond donors (Lipinski definition) is 7. The number of methoxy groups -OCH3 is 2. The van der Waals surface area contributed by atoms with E-state index in [1.54, 1.807) is 37.8 Å². The molecule has 0 aliphatic heterocycles. The molecule has 0 saturated carbocycles. The molecule has 0 radical (unpaired) electrons. The molecule has 0 heterocycles. The summed E-state index contributed by atoms with van der Waals surface area (Å²) in [6.07, 6.45) is 4.94. The predicted molar refractivity (Wildman–Crippen MR) is 261 cm³/mol. The predicted octanol–water partition coefficient (Wildman–Crippen LogP) is 2.26. The lowest BCUT2D eigenvalue weighted by atomic mass is 10.1. The van der Waals surface area contributed by atoms with Gasteiger partial charge in [-0.3, -0.25) is 19.2 Å². The zero-order valence-electron chi connectivity index (χ0n) is 42.9. The van der Waals surface area contributed by atoms with Gasteiger partial charge in [0.25, 0.3) is 0 Å². The fraction of sp³-hybridized carbons (Fsp3) is 0.766. The van der Waals surface area contributed by atoms with Crippen LogP contribution in [0.3, 0.4) is 0 Å². The van der Waals surface area contributed by atoms with Gasteiger partial charge in [-0.25, -0.2) is 4.79 Å². The van der Waals surface area contributed by atoms with Crippen LogP contribution in [0.2, 0.25) is 0 Å². The lowest BCUT2D eigenvalue weighted by Crippen LogP contribution is -2.48. The monoisotopic (exact) mass is 973 g/mol. The van der Waals surface area contributed by atoms with Crippen LogP contribution in [-0.4, -0.2) is 179 Å². The third-order valence-corrected chi connectivity index (χ3v) is 9.53. The second-order valence-corrected chi connectivity index (χ2v) is 16.5. The third-order valence-electron chi connectivity index (χ3n) is 9.53. The molecule has 0 spiro atoms. The molecule has 8 N–H and O–H groups in total. The number of nitrogens with one attached hydrogen (secondary N) is 6. The number of nitrogens with two attached hydrogens (primary N) is 1. The van der Waals surface area contributed by atoms with Gasteiger partial charge in [-0.1, -0.05) is 6.42 Å². The van der Waals surface area contributed by atoms with Crippen LogP contribution in [0.4, 0.5) is 4.79 Å². The molecule has 21 heteroatoms. The van der Waals surface area contributed by atoms with E-state index >= 15 is 0 Å². The zero-order valence-corrected chi connectivity index (χ0v) is 42.9. The van der Waals surface area contributed by atoms with Crippen molar-refractivity contribution in [2.24, 2.45) is 5.73 Å². The minimum Gasteiger partial charge on any atom is -0.496 e. The van der Waals surface area contributed by atoms with Crippen LogP contribution >= 0.6 is 0 Å². The molecule has 2 unspecified atom stereocenters. The van der Waals surface area contributed by atoms with E-state index in [0.29, 0.717) is 94.7 Å². The highest BCUT2D eigenvalue weighted by molar-refractivity contribution is 5.87. The molecule has 2 atom stereocenters. The Morgan fingerprint density at radius 3 is 1.79 bits per heavy atom. The van der Waals surface area contributed by atoms with Crippen molar-refractivity contribution in [1.82, 2.24) is 36.8 Å². The van der Waals surface area contributed by atoms with E-state index in [0.717, 1.165) is 32.2 Å². The summed E-state index contributed by atoms with van der Waals surface area (Å²) >= 11 is 0. The number of nitrogens with zero attached hydrogens (tertiary/aromatic N) is 1. The highest BCUT2D eigenvalue weighted by Crippen LogP contribution is 2.35. The third kappa shape index (κ3) is 33.1. The van der Waals surface area contributed by atoms with Gasteiger partial charge in [-0.05, 0) is 86.9 Å². The Morgan fingerprint density at radius 2 is 1.25 bits per heavy atom. The summed E-state index contributed by atoms with van der Waals surface area (Å²) in [4.78, 5) is 62.5. The largest absolute Gasteiger partial charge is 0.496 e. The first-order valence-corrected chi connectivity index (χ1v) is 23.8. The Kier molecular flexibility index (Phi) is 37.7.